The van der Waals surface area contributed by atoms with Gasteiger partial charge in [-0.15, -0.1) is 22.7 Å². The number of ketones is 1. The van der Waals surface area contributed by atoms with E-state index in [4.69, 9.17) is 15.1 Å². The molecular weight excluding hydrogens is 551 g/mol. The minimum atomic E-state index is -0.467. The van der Waals surface area contributed by atoms with Crippen molar-refractivity contribution in [3.05, 3.63) is 129 Å². The van der Waals surface area contributed by atoms with Crippen LogP contribution in [0.2, 0.25) is 0 Å². The Morgan fingerprint density at radius 3 is 2.39 bits per heavy atom. The number of fused-ring (bicyclic) bond motifs is 3. The molecule has 0 bridgehead atoms. The average molecular weight is 572 g/mol. The molecule has 7 rings (SSSR count). The Balaban J connectivity index is 1.36. The Labute approximate surface area is 242 Å². The lowest BCUT2D eigenvalue weighted by molar-refractivity contribution is 0.104. The molecule has 4 aromatic carbocycles. The van der Waals surface area contributed by atoms with Crippen LogP contribution in [0.25, 0.3) is 43.6 Å². The molecule has 7 aromatic rings. The van der Waals surface area contributed by atoms with E-state index in [1.165, 1.54) is 22.7 Å². The number of carbonyl (C=O) groups excluding carboxylic acids is 1. The number of nitrogens with zero attached hydrogens (tertiary/aromatic N) is 1. The first-order valence-corrected chi connectivity index (χ1v) is 14.5. The van der Waals surface area contributed by atoms with Crippen LogP contribution in [0.5, 0.6) is 0 Å². The quantitative estimate of drug-likeness (QED) is 0.118. The SMILES string of the molecule is Nc1c(C(=O)c2ccccc2)sc(Nc2ccccc2)c1-c1nc(-c2cc3c(ccc4ccccc43)oc2=O)cs1. The summed E-state index contributed by atoms with van der Waals surface area (Å²) >= 11 is 2.65. The molecule has 0 fully saturated rings. The predicted molar refractivity (Wildman–Crippen MR) is 168 cm³/mol. The van der Waals surface area contributed by atoms with Gasteiger partial charge < -0.3 is 15.5 Å². The van der Waals surface area contributed by atoms with E-state index >= 15 is 0 Å². The maximum atomic E-state index is 13.5. The van der Waals surface area contributed by atoms with Crippen LogP contribution in [0, 0.1) is 0 Å². The number of thiazole rings is 1. The van der Waals surface area contributed by atoms with Crippen molar-refractivity contribution in [2.24, 2.45) is 0 Å². The first-order valence-electron chi connectivity index (χ1n) is 12.8. The molecule has 0 atom stereocenters. The molecule has 0 saturated carbocycles. The monoisotopic (exact) mass is 571 g/mol. The van der Waals surface area contributed by atoms with Crippen molar-refractivity contribution in [1.29, 1.82) is 0 Å². The molecule has 3 aromatic heterocycles. The van der Waals surface area contributed by atoms with Crippen molar-refractivity contribution >= 4 is 66.6 Å². The van der Waals surface area contributed by atoms with Gasteiger partial charge >= 0.3 is 5.63 Å². The van der Waals surface area contributed by atoms with Crippen molar-refractivity contribution < 1.29 is 9.21 Å². The Hall–Kier alpha value is -5.05. The van der Waals surface area contributed by atoms with E-state index in [-0.39, 0.29) is 5.78 Å². The number of benzene rings is 4. The van der Waals surface area contributed by atoms with Gasteiger partial charge in [-0.2, -0.15) is 0 Å². The fraction of sp³-hybridized carbons (Fsp3) is 0. The van der Waals surface area contributed by atoms with Crippen LogP contribution >= 0.6 is 22.7 Å². The molecule has 0 unspecified atom stereocenters. The number of hydrogen-bond donors (Lipinski definition) is 2. The number of thiophene rings is 1. The summed E-state index contributed by atoms with van der Waals surface area (Å²) < 4.78 is 5.71. The van der Waals surface area contributed by atoms with E-state index < -0.39 is 5.63 Å². The fourth-order valence-electron chi connectivity index (χ4n) is 4.85. The smallest absolute Gasteiger partial charge is 0.345 e. The Morgan fingerprint density at radius 1 is 0.854 bits per heavy atom. The van der Waals surface area contributed by atoms with Crippen LogP contribution in [0.3, 0.4) is 0 Å². The molecule has 3 heterocycles. The van der Waals surface area contributed by atoms with Crippen molar-refractivity contribution in [2.45, 2.75) is 0 Å². The Bertz CT molecular complexity index is 2130. The standard InChI is InChI=1S/C33H21N3O3S2/c34-28-27(32(35-21-12-5-2-6-13-21)41-30(28)29(37)20-10-3-1-4-11-20)31-36-25(18-40-31)24-17-23-22-14-8-7-9-19(22)15-16-26(23)39-33(24)38/h1-18,35H,34H2. The van der Waals surface area contributed by atoms with Gasteiger partial charge in [0.15, 0.2) is 0 Å². The number of nitrogens with two attached hydrogens (primary N) is 1. The van der Waals surface area contributed by atoms with Gasteiger partial charge in [0.05, 0.1) is 22.5 Å². The zero-order chi connectivity index (χ0) is 27.9. The average Bonchev–Trinajstić information content (AvgIpc) is 3.61. The molecule has 0 aliphatic rings. The van der Waals surface area contributed by atoms with Crippen molar-refractivity contribution in [1.82, 2.24) is 4.98 Å². The van der Waals surface area contributed by atoms with Gasteiger partial charge in [-0.3, -0.25) is 4.79 Å². The van der Waals surface area contributed by atoms with Gasteiger partial charge in [0.25, 0.3) is 0 Å². The lowest BCUT2D eigenvalue weighted by Crippen LogP contribution is -2.03. The van der Waals surface area contributed by atoms with Gasteiger partial charge in [0.1, 0.15) is 20.5 Å². The first kappa shape index (κ1) is 25.0. The number of nitrogens with one attached hydrogen (secondary N) is 1. The highest BCUT2D eigenvalue weighted by molar-refractivity contribution is 7.20. The van der Waals surface area contributed by atoms with Gasteiger partial charge in [-0.05, 0) is 35.0 Å². The number of aromatic nitrogens is 1. The molecule has 0 aliphatic carbocycles. The maximum absolute atomic E-state index is 13.5. The van der Waals surface area contributed by atoms with E-state index in [9.17, 15) is 9.59 Å². The van der Waals surface area contributed by atoms with Crippen LogP contribution in [-0.2, 0) is 0 Å². The summed E-state index contributed by atoms with van der Waals surface area (Å²) in [6.45, 7) is 0. The summed E-state index contributed by atoms with van der Waals surface area (Å²) in [5.74, 6) is -0.158. The van der Waals surface area contributed by atoms with Crippen LogP contribution in [-0.4, -0.2) is 10.8 Å². The van der Waals surface area contributed by atoms with Crippen LogP contribution in [0.15, 0.2) is 118 Å². The second kappa shape index (κ2) is 10.2. The highest BCUT2D eigenvalue weighted by atomic mass is 32.1. The number of hydrogen-bond acceptors (Lipinski definition) is 8. The van der Waals surface area contributed by atoms with E-state index in [1.807, 2.05) is 96.4 Å². The Kier molecular flexibility index (Phi) is 6.19. The topological polar surface area (TPSA) is 98.2 Å². The summed E-state index contributed by atoms with van der Waals surface area (Å²) in [7, 11) is 0. The third-order valence-electron chi connectivity index (χ3n) is 6.85. The second-order valence-electron chi connectivity index (χ2n) is 9.42. The van der Waals surface area contributed by atoms with Gasteiger partial charge in [0.2, 0.25) is 5.78 Å². The molecular formula is C33H21N3O3S2. The molecule has 0 aliphatic heterocycles. The van der Waals surface area contributed by atoms with E-state index in [1.54, 1.807) is 12.1 Å². The van der Waals surface area contributed by atoms with Crippen LogP contribution in [0.4, 0.5) is 16.4 Å². The molecule has 3 N–H and O–H groups in total. The molecule has 6 nitrogen and oxygen atoms in total. The normalized spacial score (nSPS) is 11.2. The molecule has 198 valence electrons. The van der Waals surface area contributed by atoms with Crippen molar-refractivity contribution in [3.63, 3.8) is 0 Å². The molecule has 0 amide bonds. The molecule has 0 spiro atoms. The molecule has 0 radical (unpaired) electrons. The number of nitrogen functional groups attached to an aromatic ring is 1. The summed E-state index contributed by atoms with van der Waals surface area (Å²) in [4.78, 5) is 31.8. The summed E-state index contributed by atoms with van der Waals surface area (Å²) in [5, 5.41) is 9.41. The van der Waals surface area contributed by atoms with Crippen molar-refractivity contribution in [2.75, 3.05) is 11.1 Å². The third-order valence-corrected chi connectivity index (χ3v) is 8.83. The summed E-state index contributed by atoms with van der Waals surface area (Å²) in [5.41, 5.74) is 9.97. The largest absolute Gasteiger partial charge is 0.422 e. The van der Waals surface area contributed by atoms with Crippen LogP contribution in [0.1, 0.15) is 15.2 Å². The van der Waals surface area contributed by atoms with Crippen LogP contribution < -0.4 is 16.7 Å². The highest BCUT2D eigenvalue weighted by Gasteiger charge is 2.26. The number of para-hydroxylation sites is 1. The zero-order valence-corrected chi connectivity index (χ0v) is 23.1. The summed E-state index contributed by atoms with van der Waals surface area (Å²) in [6, 6.07) is 32.3. The number of anilines is 3. The minimum absolute atomic E-state index is 0.158. The fourth-order valence-corrected chi connectivity index (χ4v) is 6.90. The third kappa shape index (κ3) is 4.49. The van der Waals surface area contributed by atoms with Crippen molar-refractivity contribution in [3.8, 4) is 21.8 Å². The predicted octanol–water partition coefficient (Wildman–Crippen LogP) is 8.36. The van der Waals surface area contributed by atoms with Gasteiger partial charge in [-0.1, -0.05) is 78.9 Å². The van der Waals surface area contributed by atoms with Gasteiger partial charge in [0, 0.05) is 22.0 Å². The van der Waals surface area contributed by atoms with Gasteiger partial charge in [-0.25, -0.2) is 9.78 Å². The first-order chi connectivity index (χ1) is 20.1. The molecule has 41 heavy (non-hydrogen) atoms. The highest BCUT2D eigenvalue weighted by Crippen LogP contribution is 2.46. The van der Waals surface area contributed by atoms with E-state index in [0.717, 1.165) is 21.8 Å². The maximum Gasteiger partial charge on any atom is 0.345 e. The zero-order valence-electron chi connectivity index (χ0n) is 21.5. The van der Waals surface area contributed by atoms with E-state index in [0.29, 0.717) is 48.5 Å². The second-order valence-corrected chi connectivity index (χ2v) is 11.3. The molecule has 8 heteroatoms. The number of rotatable bonds is 6. The summed E-state index contributed by atoms with van der Waals surface area (Å²) in [6.07, 6.45) is 0. The Morgan fingerprint density at radius 2 is 1.59 bits per heavy atom. The van der Waals surface area contributed by atoms with E-state index in [2.05, 4.69) is 5.32 Å². The lowest BCUT2D eigenvalue weighted by Gasteiger charge is -2.06. The lowest BCUT2D eigenvalue weighted by atomic mass is 10.0. The number of carbonyl (C=O) groups is 1. The minimum Gasteiger partial charge on any atom is -0.422 e. The molecule has 0 saturated heterocycles.